The van der Waals surface area contributed by atoms with Crippen molar-refractivity contribution in [3.63, 3.8) is 0 Å². The van der Waals surface area contributed by atoms with Crippen LogP contribution in [0.2, 0.25) is 0 Å². The Kier molecular flexibility index (Phi) is 2.88. The highest BCUT2D eigenvalue weighted by atomic mass is 19.1. The van der Waals surface area contributed by atoms with E-state index in [9.17, 15) is 4.39 Å². The van der Waals surface area contributed by atoms with Crippen LogP contribution in [-0.2, 0) is 0 Å². The second-order valence-electron chi connectivity index (χ2n) is 4.48. The summed E-state index contributed by atoms with van der Waals surface area (Å²) in [7, 11) is 0. The van der Waals surface area contributed by atoms with E-state index in [1.807, 2.05) is 36.5 Å². The van der Waals surface area contributed by atoms with Gasteiger partial charge in [-0.3, -0.25) is 4.99 Å². The van der Waals surface area contributed by atoms with Crippen molar-refractivity contribution in [3.8, 4) is 0 Å². The Bertz CT molecular complexity index is 756. The number of fused-ring (bicyclic) bond motifs is 1. The van der Waals surface area contributed by atoms with Crippen LogP contribution in [0.4, 0.5) is 10.1 Å². The molecule has 1 N–H and O–H groups in total. The standard InChI is InChI=1S/C16H13FN2/c1-11-6-7-13(8-15(11)17)18-9-12-10-19-16-5-3-2-4-14(12)16/h2-10,19H,1H3. The van der Waals surface area contributed by atoms with Crippen LogP contribution in [0, 0.1) is 12.7 Å². The van der Waals surface area contributed by atoms with E-state index in [0.29, 0.717) is 11.3 Å². The first-order valence-electron chi connectivity index (χ1n) is 6.10. The lowest BCUT2D eigenvalue weighted by atomic mass is 10.2. The number of hydrogen-bond acceptors (Lipinski definition) is 1. The van der Waals surface area contributed by atoms with Crippen LogP contribution in [0.5, 0.6) is 0 Å². The summed E-state index contributed by atoms with van der Waals surface area (Å²) in [5.74, 6) is -0.228. The molecule has 0 fully saturated rings. The van der Waals surface area contributed by atoms with Gasteiger partial charge in [0.05, 0.1) is 5.69 Å². The molecule has 0 radical (unpaired) electrons. The average molecular weight is 252 g/mol. The van der Waals surface area contributed by atoms with Crippen molar-refractivity contribution in [2.45, 2.75) is 6.92 Å². The van der Waals surface area contributed by atoms with E-state index < -0.39 is 0 Å². The van der Waals surface area contributed by atoms with E-state index in [2.05, 4.69) is 9.98 Å². The number of nitrogens with zero attached hydrogens (tertiary/aromatic N) is 1. The number of halogens is 1. The van der Waals surface area contributed by atoms with Gasteiger partial charge in [0.25, 0.3) is 0 Å². The SMILES string of the molecule is Cc1ccc(N=Cc2c[nH]c3ccccc23)cc1F. The fourth-order valence-corrected chi connectivity index (χ4v) is 2.01. The predicted octanol–water partition coefficient (Wildman–Crippen LogP) is 4.37. The molecule has 0 aliphatic heterocycles. The summed E-state index contributed by atoms with van der Waals surface area (Å²) in [4.78, 5) is 7.50. The summed E-state index contributed by atoms with van der Waals surface area (Å²) < 4.78 is 13.4. The monoisotopic (exact) mass is 252 g/mol. The number of para-hydroxylation sites is 1. The second kappa shape index (κ2) is 4.69. The van der Waals surface area contributed by atoms with Crippen LogP contribution in [0.3, 0.4) is 0 Å². The smallest absolute Gasteiger partial charge is 0.128 e. The molecule has 19 heavy (non-hydrogen) atoms. The summed E-state index contributed by atoms with van der Waals surface area (Å²) >= 11 is 0. The lowest BCUT2D eigenvalue weighted by Crippen LogP contribution is -1.81. The molecule has 3 rings (SSSR count). The van der Waals surface area contributed by atoms with Gasteiger partial charge in [0.15, 0.2) is 0 Å². The molecule has 0 saturated heterocycles. The summed E-state index contributed by atoms with van der Waals surface area (Å²) in [6.07, 6.45) is 3.65. The van der Waals surface area contributed by atoms with Gasteiger partial charge in [0.1, 0.15) is 5.82 Å². The molecular weight excluding hydrogens is 239 g/mol. The normalized spacial score (nSPS) is 11.5. The number of aliphatic imine (C=N–C) groups is 1. The second-order valence-corrected chi connectivity index (χ2v) is 4.48. The Morgan fingerprint density at radius 1 is 1.16 bits per heavy atom. The largest absolute Gasteiger partial charge is 0.361 e. The molecule has 3 aromatic rings. The number of nitrogens with one attached hydrogen (secondary N) is 1. The Balaban J connectivity index is 1.96. The molecule has 2 nitrogen and oxygen atoms in total. The molecular formula is C16H13FN2. The van der Waals surface area contributed by atoms with Crippen molar-refractivity contribution in [1.82, 2.24) is 4.98 Å². The van der Waals surface area contributed by atoms with Gasteiger partial charge in [0, 0.05) is 28.9 Å². The van der Waals surface area contributed by atoms with Gasteiger partial charge < -0.3 is 4.98 Å². The maximum absolute atomic E-state index is 13.4. The molecule has 0 bridgehead atoms. The number of aromatic amines is 1. The molecule has 0 unspecified atom stereocenters. The zero-order valence-corrected chi connectivity index (χ0v) is 10.5. The van der Waals surface area contributed by atoms with E-state index in [1.165, 1.54) is 6.07 Å². The van der Waals surface area contributed by atoms with E-state index in [1.54, 1.807) is 19.2 Å². The van der Waals surface area contributed by atoms with Gasteiger partial charge in [-0.25, -0.2) is 4.39 Å². The Morgan fingerprint density at radius 3 is 2.84 bits per heavy atom. The highest BCUT2D eigenvalue weighted by Crippen LogP contribution is 2.19. The van der Waals surface area contributed by atoms with Crippen LogP contribution in [0.1, 0.15) is 11.1 Å². The first-order chi connectivity index (χ1) is 9.24. The highest BCUT2D eigenvalue weighted by Gasteiger charge is 2.00. The Labute approximate surface area is 110 Å². The van der Waals surface area contributed by atoms with Gasteiger partial charge in [-0.05, 0) is 30.7 Å². The minimum absolute atomic E-state index is 0.228. The number of hydrogen-bond donors (Lipinski definition) is 1. The van der Waals surface area contributed by atoms with Crippen LogP contribution >= 0.6 is 0 Å². The molecule has 0 amide bonds. The minimum atomic E-state index is -0.228. The molecule has 1 heterocycles. The lowest BCUT2D eigenvalue weighted by molar-refractivity contribution is 0.619. The number of benzene rings is 2. The van der Waals surface area contributed by atoms with E-state index in [4.69, 9.17) is 0 Å². The van der Waals surface area contributed by atoms with Crippen molar-refractivity contribution in [3.05, 3.63) is 65.6 Å². The summed E-state index contributed by atoms with van der Waals surface area (Å²) in [5.41, 5.74) is 3.31. The van der Waals surface area contributed by atoms with Crippen molar-refractivity contribution in [1.29, 1.82) is 0 Å². The third-order valence-corrected chi connectivity index (χ3v) is 3.13. The Morgan fingerprint density at radius 2 is 2.00 bits per heavy atom. The number of aryl methyl sites for hydroxylation is 1. The molecule has 1 aromatic heterocycles. The summed E-state index contributed by atoms with van der Waals surface area (Å²) in [6.45, 7) is 1.74. The molecule has 0 saturated carbocycles. The van der Waals surface area contributed by atoms with Gasteiger partial charge in [0.2, 0.25) is 0 Å². The van der Waals surface area contributed by atoms with Crippen molar-refractivity contribution in [2.24, 2.45) is 4.99 Å². The number of aromatic nitrogens is 1. The third kappa shape index (κ3) is 2.27. The summed E-state index contributed by atoms with van der Waals surface area (Å²) in [6, 6.07) is 13.0. The van der Waals surface area contributed by atoms with Crippen LogP contribution in [-0.4, -0.2) is 11.2 Å². The van der Waals surface area contributed by atoms with Gasteiger partial charge >= 0.3 is 0 Å². The molecule has 0 atom stereocenters. The molecule has 0 spiro atoms. The predicted molar refractivity (Wildman–Crippen MR) is 76.7 cm³/mol. The molecule has 2 aromatic carbocycles. The zero-order valence-electron chi connectivity index (χ0n) is 10.5. The van der Waals surface area contributed by atoms with Gasteiger partial charge in [-0.1, -0.05) is 24.3 Å². The Hall–Kier alpha value is -2.42. The number of rotatable bonds is 2. The lowest BCUT2D eigenvalue weighted by Gasteiger charge is -1.97. The van der Waals surface area contributed by atoms with Crippen molar-refractivity contribution >= 4 is 22.8 Å². The van der Waals surface area contributed by atoms with Crippen molar-refractivity contribution in [2.75, 3.05) is 0 Å². The third-order valence-electron chi connectivity index (χ3n) is 3.13. The maximum Gasteiger partial charge on any atom is 0.128 e. The molecule has 0 aliphatic rings. The van der Waals surface area contributed by atoms with Gasteiger partial charge in [-0.15, -0.1) is 0 Å². The maximum atomic E-state index is 13.4. The highest BCUT2D eigenvalue weighted by molar-refractivity contribution is 5.99. The molecule has 94 valence electrons. The molecule has 0 aliphatic carbocycles. The van der Waals surface area contributed by atoms with Crippen molar-refractivity contribution < 1.29 is 4.39 Å². The van der Waals surface area contributed by atoms with E-state index >= 15 is 0 Å². The summed E-state index contributed by atoms with van der Waals surface area (Å²) in [5, 5.41) is 1.11. The zero-order chi connectivity index (χ0) is 13.2. The minimum Gasteiger partial charge on any atom is -0.361 e. The quantitative estimate of drug-likeness (QED) is 0.656. The number of H-pyrrole nitrogens is 1. The topological polar surface area (TPSA) is 28.1 Å². The first kappa shape index (κ1) is 11.7. The molecule has 3 heteroatoms. The van der Waals surface area contributed by atoms with Crippen LogP contribution < -0.4 is 0 Å². The average Bonchev–Trinajstić information content (AvgIpc) is 2.83. The van der Waals surface area contributed by atoms with Gasteiger partial charge in [-0.2, -0.15) is 0 Å². The van der Waals surface area contributed by atoms with E-state index in [0.717, 1.165) is 16.5 Å². The fraction of sp³-hybridized carbons (Fsp3) is 0.0625. The van der Waals surface area contributed by atoms with E-state index in [-0.39, 0.29) is 5.82 Å². The first-order valence-corrected chi connectivity index (χ1v) is 6.10. The van der Waals surface area contributed by atoms with Crippen LogP contribution in [0.25, 0.3) is 10.9 Å². The van der Waals surface area contributed by atoms with Crippen LogP contribution in [0.15, 0.2) is 53.7 Å². The fourth-order valence-electron chi connectivity index (χ4n) is 2.01.